The molecule has 0 aliphatic heterocycles. The number of aromatic nitrogens is 1. The third-order valence-corrected chi connectivity index (χ3v) is 2.04. The highest BCUT2D eigenvalue weighted by Crippen LogP contribution is 2.27. The largest absolute Gasteiger partial charge is 0.395 e. The maximum Gasteiger partial charge on any atom is 0.366 e. The van der Waals surface area contributed by atoms with E-state index in [0.717, 1.165) is 11.0 Å². The van der Waals surface area contributed by atoms with Gasteiger partial charge < -0.3 is 10.0 Å². The Kier molecular flexibility index (Phi) is 3.89. The fourth-order valence-electron chi connectivity index (χ4n) is 1.15. The number of halogens is 2. The van der Waals surface area contributed by atoms with Crippen molar-refractivity contribution in [2.75, 3.05) is 20.2 Å². The molecule has 0 saturated heterocycles. The van der Waals surface area contributed by atoms with Crippen LogP contribution < -0.4 is 0 Å². The SMILES string of the molecule is CN(CCO)C(=O)C(F)(F)c1ccccn1. The molecule has 4 nitrogen and oxygen atoms in total. The summed E-state index contributed by atoms with van der Waals surface area (Å²) in [5, 5.41) is 8.57. The Balaban J connectivity index is 2.89. The van der Waals surface area contributed by atoms with Crippen molar-refractivity contribution in [2.24, 2.45) is 0 Å². The highest BCUT2D eigenvalue weighted by molar-refractivity contribution is 5.84. The van der Waals surface area contributed by atoms with Gasteiger partial charge in [0, 0.05) is 19.8 Å². The second kappa shape index (κ2) is 4.98. The molecule has 0 bridgehead atoms. The summed E-state index contributed by atoms with van der Waals surface area (Å²) in [5.41, 5.74) is -0.593. The number of amides is 1. The normalized spacial score (nSPS) is 11.2. The summed E-state index contributed by atoms with van der Waals surface area (Å²) in [6, 6.07) is 3.96. The van der Waals surface area contributed by atoms with Gasteiger partial charge in [-0.15, -0.1) is 0 Å². The second-order valence-electron chi connectivity index (χ2n) is 3.24. The predicted octanol–water partition coefficient (Wildman–Crippen LogP) is 0.624. The molecule has 0 radical (unpaired) electrons. The number of likely N-dealkylation sites (N-methyl/N-ethyl adjacent to an activating group) is 1. The van der Waals surface area contributed by atoms with Crippen LogP contribution in [-0.2, 0) is 10.7 Å². The van der Waals surface area contributed by atoms with E-state index in [1.807, 2.05) is 0 Å². The van der Waals surface area contributed by atoms with E-state index in [0.29, 0.717) is 0 Å². The molecular formula is C10H12F2N2O2. The van der Waals surface area contributed by atoms with E-state index >= 15 is 0 Å². The smallest absolute Gasteiger partial charge is 0.366 e. The van der Waals surface area contributed by atoms with Crippen LogP contribution in [0.4, 0.5) is 8.78 Å². The number of aliphatic hydroxyl groups excluding tert-OH is 1. The Labute approximate surface area is 91.5 Å². The topological polar surface area (TPSA) is 53.4 Å². The van der Waals surface area contributed by atoms with E-state index in [9.17, 15) is 13.6 Å². The first-order valence-corrected chi connectivity index (χ1v) is 4.66. The molecule has 0 fully saturated rings. The summed E-state index contributed by atoms with van der Waals surface area (Å²) in [4.78, 5) is 15.6. The molecule has 1 rings (SSSR count). The van der Waals surface area contributed by atoms with Crippen LogP contribution in [0, 0.1) is 0 Å². The van der Waals surface area contributed by atoms with Crippen LogP contribution in [0.5, 0.6) is 0 Å². The van der Waals surface area contributed by atoms with E-state index in [-0.39, 0.29) is 13.2 Å². The van der Waals surface area contributed by atoms with Crippen LogP contribution in [0.2, 0.25) is 0 Å². The maximum absolute atomic E-state index is 13.6. The van der Waals surface area contributed by atoms with Gasteiger partial charge in [0.2, 0.25) is 0 Å². The molecule has 0 aliphatic rings. The molecule has 1 heterocycles. The van der Waals surface area contributed by atoms with Gasteiger partial charge in [-0.1, -0.05) is 6.07 Å². The molecule has 1 aromatic heterocycles. The van der Waals surface area contributed by atoms with Gasteiger partial charge in [0.1, 0.15) is 5.69 Å². The zero-order chi connectivity index (χ0) is 12.2. The molecule has 16 heavy (non-hydrogen) atoms. The van der Waals surface area contributed by atoms with Gasteiger partial charge in [-0.05, 0) is 12.1 Å². The molecule has 1 N–H and O–H groups in total. The summed E-state index contributed by atoms with van der Waals surface area (Å²) in [6.07, 6.45) is 1.20. The van der Waals surface area contributed by atoms with E-state index < -0.39 is 17.5 Å². The molecule has 0 atom stereocenters. The average molecular weight is 230 g/mol. The van der Waals surface area contributed by atoms with Crippen molar-refractivity contribution < 1.29 is 18.7 Å². The molecule has 6 heteroatoms. The molecule has 0 aromatic carbocycles. The number of alkyl halides is 2. The second-order valence-corrected chi connectivity index (χ2v) is 3.24. The van der Waals surface area contributed by atoms with Crippen molar-refractivity contribution >= 4 is 5.91 Å². The van der Waals surface area contributed by atoms with Gasteiger partial charge in [-0.3, -0.25) is 9.78 Å². The maximum atomic E-state index is 13.6. The first-order chi connectivity index (χ1) is 7.50. The van der Waals surface area contributed by atoms with Gasteiger partial charge in [0.05, 0.1) is 6.61 Å². The minimum Gasteiger partial charge on any atom is -0.395 e. The zero-order valence-corrected chi connectivity index (χ0v) is 8.73. The fraction of sp³-hybridized carbons (Fsp3) is 0.400. The number of carbonyl (C=O) groups excluding carboxylic acids is 1. The zero-order valence-electron chi connectivity index (χ0n) is 8.73. The van der Waals surface area contributed by atoms with Gasteiger partial charge in [-0.2, -0.15) is 8.78 Å². The van der Waals surface area contributed by atoms with Crippen molar-refractivity contribution in [2.45, 2.75) is 5.92 Å². The van der Waals surface area contributed by atoms with Crippen molar-refractivity contribution in [3.63, 3.8) is 0 Å². The minimum atomic E-state index is -3.66. The van der Waals surface area contributed by atoms with Crippen LogP contribution in [0.3, 0.4) is 0 Å². The lowest BCUT2D eigenvalue weighted by Gasteiger charge is -2.22. The third-order valence-electron chi connectivity index (χ3n) is 2.04. The Hall–Kier alpha value is -1.56. The number of rotatable bonds is 4. The number of carbonyl (C=O) groups is 1. The van der Waals surface area contributed by atoms with Crippen LogP contribution >= 0.6 is 0 Å². The molecule has 1 aromatic rings. The lowest BCUT2D eigenvalue weighted by atomic mass is 10.2. The van der Waals surface area contributed by atoms with Gasteiger partial charge in [0.25, 0.3) is 5.91 Å². The highest BCUT2D eigenvalue weighted by Gasteiger charge is 2.44. The quantitative estimate of drug-likeness (QED) is 0.825. The number of hydrogen-bond acceptors (Lipinski definition) is 3. The van der Waals surface area contributed by atoms with Crippen molar-refractivity contribution in [1.29, 1.82) is 0 Å². The van der Waals surface area contributed by atoms with E-state index in [1.165, 1.54) is 25.4 Å². The summed E-state index contributed by atoms with van der Waals surface area (Å²) in [7, 11) is 1.20. The Morgan fingerprint density at radius 3 is 2.75 bits per heavy atom. The van der Waals surface area contributed by atoms with E-state index in [1.54, 1.807) is 0 Å². The Morgan fingerprint density at radius 2 is 2.25 bits per heavy atom. The lowest BCUT2D eigenvalue weighted by Crippen LogP contribution is -2.41. The first-order valence-electron chi connectivity index (χ1n) is 4.66. The standard InChI is InChI=1S/C10H12F2N2O2/c1-14(6-7-15)9(16)10(11,12)8-4-2-3-5-13-8/h2-5,15H,6-7H2,1H3. The number of hydrogen-bond donors (Lipinski definition) is 1. The number of aliphatic hydroxyl groups is 1. The molecule has 0 aliphatic carbocycles. The Bertz CT molecular complexity index is 357. The summed E-state index contributed by atoms with van der Waals surface area (Å²) < 4.78 is 27.2. The summed E-state index contributed by atoms with van der Waals surface area (Å²) in [5.74, 6) is -5.04. The summed E-state index contributed by atoms with van der Waals surface area (Å²) >= 11 is 0. The van der Waals surface area contributed by atoms with Crippen molar-refractivity contribution in [1.82, 2.24) is 9.88 Å². The number of nitrogens with zero attached hydrogens (tertiary/aromatic N) is 2. The molecule has 88 valence electrons. The molecule has 0 spiro atoms. The summed E-state index contributed by atoms with van der Waals surface area (Å²) in [6.45, 7) is -0.498. The van der Waals surface area contributed by atoms with E-state index in [4.69, 9.17) is 5.11 Å². The molecule has 0 saturated carbocycles. The van der Waals surface area contributed by atoms with Crippen molar-refractivity contribution in [3.8, 4) is 0 Å². The van der Waals surface area contributed by atoms with Gasteiger partial charge in [-0.25, -0.2) is 0 Å². The first kappa shape index (κ1) is 12.5. The predicted molar refractivity (Wildman–Crippen MR) is 52.9 cm³/mol. The fourth-order valence-corrected chi connectivity index (χ4v) is 1.15. The molecule has 1 amide bonds. The van der Waals surface area contributed by atoms with Crippen LogP contribution in [-0.4, -0.2) is 41.1 Å². The minimum absolute atomic E-state index is 0.138. The molecular weight excluding hydrogens is 218 g/mol. The van der Waals surface area contributed by atoms with Crippen LogP contribution in [0.1, 0.15) is 5.69 Å². The third kappa shape index (κ3) is 2.52. The average Bonchev–Trinajstić information content (AvgIpc) is 2.29. The molecule has 0 unspecified atom stereocenters. The van der Waals surface area contributed by atoms with E-state index in [2.05, 4.69) is 4.98 Å². The van der Waals surface area contributed by atoms with Gasteiger partial charge in [0.15, 0.2) is 0 Å². The van der Waals surface area contributed by atoms with Crippen LogP contribution in [0.25, 0.3) is 0 Å². The monoisotopic (exact) mass is 230 g/mol. The van der Waals surface area contributed by atoms with Crippen molar-refractivity contribution in [3.05, 3.63) is 30.1 Å². The highest BCUT2D eigenvalue weighted by atomic mass is 19.3. The lowest BCUT2D eigenvalue weighted by molar-refractivity contribution is -0.158. The Morgan fingerprint density at radius 1 is 1.56 bits per heavy atom. The number of pyridine rings is 1. The van der Waals surface area contributed by atoms with Gasteiger partial charge >= 0.3 is 5.92 Å². The van der Waals surface area contributed by atoms with Crippen LogP contribution in [0.15, 0.2) is 24.4 Å².